The topological polar surface area (TPSA) is 115 Å². The van der Waals surface area contributed by atoms with Crippen LogP contribution in [0.4, 0.5) is 11.4 Å². The molecule has 3 N–H and O–H groups in total. The Morgan fingerprint density at radius 2 is 1.28 bits per heavy atom. The Bertz CT molecular complexity index is 2270. The van der Waals surface area contributed by atoms with E-state index in [0.29, 0.717) is 34.1 Å². The molecule has 53 heavy (non-hydrogen) atoms. The van der Waals surface area contributed by atoms with E-state index in [-0.39, 0.29) is 11.6 Å². The largest absolute Gasteiger partial charge is 0.496 e. The second-order valence-electron chi connectivity index (χ2n) is 11.7. The van der Waals surface area contributed by atoms with Crippen molar-refractivity contribution < 1.29 is 28.6 Å². The molecule has 0 aromatic heterocycles. The number of anilines is 2. The zero-order chi connectivity index (χ0) is 37.2. The molecular formula is C43H37N3O6S. The first-order chi connectivity index (χ1) is 25.9. The Labute approximate surface area is 312 Å². The summed E-state index contributed by atoms with van der Waals surface area (Å²) >= 11 is 1.36. The van der Waals surface area contributed by atoms with Gasteiger partial charge in [-0.05, 0) is 59.5 Å². The molecule has 0 aliphatic heterocycles. The quantitative estimate of drug-likeness (QED) is 0.0807. The minimum absolute atomic E-state index is 0.0425. The number of ether oxygens (including phenoxy) is 3. The number of rotatable bonds is 13. The van der Waals surface area contributed by atoms with E-state index in [1.54, 1.807) is 60.7 Å². The van der Waals surface area contributed by atoms with E-state index in [0.717, 1.165) is 26.9 Å². The van der Waals surface area contributed by atoms with Crippen molar-refractivity contribution in [1.29, 1.82) is 0 Å². The van der Waals surface area contributed by atoms with E-state index in [4.69, 9.17) is 14.2 Å². The number of benzene rings is 6. The Hall–Kier alpha value is -6.52. The van der Waals surface area contributed by atoms with Gasteiger partial charge in [-0.1, -0.05) is 91.0 Å². The van der Waals surface area contributed by atoms with E-state index in [2.05, 4.69) is 16.0 Å². The summed E-state index contributed by atoms with van der Waals surface area (Å²) in [5.41, 5.74) is 2.80. The highest BCUT2D eigenvalue weighted by Gasteiger charge is 2.24. The molecule has 6 aromatic carbocycles. The fraction of sp³-hybridized carbons (Fsp3) is 0.0930. The maximum Gasteiger partial charge on any atom is 0.272 e. The number of thioether (sulfide) groups is 1. The Morgan fingerprint density at radius 1 is 0.642 bits per heavy atom. The summed E-state index contributed by atoms with van der Waals surface area (Å²) in [6, 6.07) is 42.3. The van der Waals surface area contributed by atoms with Gasteiger partial charge in [0.2, 0.25) is 5.91 Å². The highest BCUT2D eigenvalue weighted by Crippen LogP contribution is 2.38. The summed E-state index contributed by atoms with van der Waals surface area (Å²) in [4.78, 5) is 42.0. The molecule has 6 rings (SSSR count). The summed E-state index contributed by atoms with van der Waals surface area (Å²) in [5, 5.41) is 10.2. The lowest BCUT2D eigenvalue weighted by Gasteiger charge is -2.19. The number of hydrogen-bond donors (Lipinski definition) is 3. The van der Waals surface area contributed by atoms with Crippen LogP contribution >= 0.6 is 11.8 Å². The third-order valence-corrected chi connectivity index (χ3v) is 9.55. The Kier molecular flexibility index (Phi) is 11.7. The second-order valence-corrected chi connectivity index (χ2v) is 12.9. The molecule has 1 unspecified atom stereocenters. The maximum atomic E-state index is 14.0. The van der Waals surface area contributed by atoms with Gasteiger partial charge in [0.1, 0.15) is 16.7 Å². The van der Waals surface area contributed by atoms with Crippen molar-refractivity contribution in [1.82, 2.24) is 5.32 Å². The molecule has 0 saturated carbocycles. The van der Waals surface area contributed by atoms with Crippen molar-refractivity contribution in [3.8, 4) is 17.2 Å². The number of methoxy groups -OCH3 is 3. The zero-order valence-electron chi connectivity index (χ0n) is 29.3. The normalized spacial score (nSPS) is 11.6. The number of carbonyl (C=O) groups excluding carboxylic acids is 3. The highest BCUT2D eigenvalue weighted by molar-refractivity contribution is 8.00. The standard InChI is InChI=1S/C43H37N3O6S/c1-50-37-27-39(52-3)38(51-2)25-31(37)24-36(46-41(47)30-17-8-5-9-18-30)42(48)44-32-20-13-21-33(26-32)53-40(29-15-6-4-7-16-29)43(49)45-35-23-12-19-28-14-10-11-22-34(28)35/h4-27,40H,1-3H3,(H,44,48)(H,45,49)(H,46,47)/b36-24+. The van der Waals surface area contributed by atoms with Crippen molar-refractivity contribution in [2.75, 3.05) is 32.0 Å². The van der Waals surface area contributed by atoms with Crippen LogP contribution in [0.2, 0.25) is 0 Å². The molecule has 3 amide bonds. The van der Waals surface area contributed by atoms with Crippen LogP contribution in [0.1, 0.15) is 26.7 Å². The summed E-state index contributed by atoms with van der Waals surface area (Å²) in [6.07, 6.45) is 1.51. The van der Waals surface area contributed by atoms with Crippen LogP contribution in [0.15, 0.2) is 150 Å². The van der Waals surface area contributed by atoms with Gasteiger partial charge in [0.05, 0.1) is 21.3 Å². The van der Waals surface area contributed by atoms with Gasteiger partial charge in [0.25, 0.3) is 11.8 Å². The average molecular weight is 724 g/mol. The van der Waals surface area contributed by atoms with Gasteiger partial charge in [-0.2, -0.15) is 0 Å². The predicted molar refractivity (Wildman–Crippen MR) is 211 cm³/mol. The molecule has 6 aromatic rings. The molecule has 0 aliphatic rings. The summed E-state index contributed by atoms with van der Waals surface area (Å²) in [5.74, 6) is 0.00426. The number of carbonyl (C=O) groups is 3. The van der Waals surface area contributed by atoms with Crippen molar-refractivity contribution in [3.63, 3.8) is 0 Å². The first-order valence-corrected chi connectivity index (χ1v) is 17.5. The van der Waals surface area contributed by atoms with Crippen LogP contribution in [0.3, 0.4) is 0 Å². The first-order valence-electron chi connectivity index (χ1n) is 16.7. The van der Waals surface area contributed by atoms with E-state index in [1.807, 2.05) is 78.9 Å². The summed E-state index contributed by atoms with van der Waals surface area (Å²) in [6.45, 7) is 0. The van der Waals surface area contributed by atoms with Gasteiger partial charge in [-0.15, -0.1) is 11.8 Å². The summed E-state index contributed by atoms with van der Waals surface area (Å²) < 4.78 is 16.5. The molecule has 0 spiro atoms. The lowest BCUT2D eigenvalue weighted by atomic mass is 10.1. The molecule has 1 atom stereocenters. The van der Waals surface area contributed by atoms with Crippen molar-refractivity contribution in [2.45, 2.75) is 10.1 Å². The molecular weight excluding hydrogens is 687 g/mol. The lowest BCUT2D eigenvalue weighted by Crippen LogP contribution is -2.30. The molecule has 0 fully saturated rings. The van der Waals surface area contributed by atoms with E-state index < -0.39 is 17.1 Å². The van der Waals surface area contributed by atoms with Gasteiger partial charge in [0.15, 0.2) is 11.5 Å². The van der Waals surface area contributed by atoms with Gasteiger partial charge >= 0.3 is 0 Å². The number of nitrogens with one attached hydrogen (secondary N) is 3. The fourth-order valence-corrected chi connectivity index (χ4v) is 6.76. The summed E-state index contributed by atoms with van der Waals surface area (Å²) in [7, 11) is 4.51. The van der Waals surface area contributed by atoms with Crippen LogP contribution in [0.5, 0.6) is 17.2 Å². The van der Waals surface area contributed by atoms with Crippen LogP contribution in [-0.4, -0.2) is 39.1 Å². The smallest absolute Gasteiger partial charge is 0.272 e. The molecule has 0 saturated heterocycles. The van der Waals surface area contributed by atoms with Gasteiger partial charge in [-0.3, -0.25) is 14.4 Å². The minimum atomic E-state index is -0.612. The molecule has 0 radical (unpaired) electrons. The SMILES string of the molecule is COc1cc(OC)c(OC)cc1/C=C(/NC(=O)c1ccccc1)C(=O)Nc1cccc(SC(C(=O)Nc2cccc3ccccc23)c2ccccc2)c1. The third kappa shape index (κ3) is 8.87. The number of fused-ring (bicyclic) bond motifs is 1. The van der Waals surface area contributed by atoms with Crippen LogP contribution in [-0.2, 0) is 9.59 Å². The highest BCUT2D eigenvalue weighted by atomic mass is 32.2. The van der Waals surface area contributed by atoms with Crippen molar-refractivity contribution >= 4 is 57.7 Å². The second kappa shape index (κ2) is 17.1. The molecule has 266 valence electrons. The maximum absolute atomic E-state index is 14.0. The van der Waals surface area contributed by atoms with E-state index in [1.165, 1.54) is 39.2 Å². The predicted octanol–water partition coefficient (Wildman–Crippen LogP) is 8.75. The molecule has 9 nitrogen and oxygen atoms in total. The van der Waals surface area contributed by atoms with Crippen LogP contribution < -0.4 is 30.2 Å². The molecule has 0 heterocycles. The monoisotopic (exact) mass is 723 g/mol. The van der Waals surface area contributed by atoms with Gasteiger partial charge in [-0.25, -0.2) is 0 Å². The van der Waals surface area contributed by atoms with E-state index >= 15 is 0 Å². The van der Waals surface area contributed by atoms with Crippen LogP contribution in [0, 0.1) is 0 Å². The lowest BCUT2D eigenvalue weighted by molar-refractivity contribution is -0.116. The van der Waals surface area contributed by atoms with Gasteiger partial charge < -0.3 is 30.2 Å². The molecule has 10 heteroatoms. The van der Waals surface area contributed by atoms with Gasteiger partial charge in [0, 0.05) is 38.8 Å². The number of hydrogen-bond acceptors (Lipinski definition) is 7. The van der Waals surface area contributed by atoms with E-state index in [9.17, 15) is 14.4 Å². The Balaban J connectivity index is 1.29. The third-order valence-electron chi connectivity index (χ3n) is 8.30. The number of amides is 3. The average Bonchev–Trinajstić information content (AvgIpc) is 3.20. The first kappa shape index (κ1) is 36.3. The zero-order valence-corrected chi connectivity index (χ0v) is 30.1. The fourth-order valence-electron chi connectivity index (χ4n) is 5.68. The minimum Gasteiger partial charge on any atom is -0.496 e. The van der Waals surface area contributed by atoms with Crippen molar-refractivity contribution in [2.24, 2.45) is 0 Å². The molecule has 0 bridgehead atoms. The molecule has 0 aliphatic carbocycles. The van der Waals surface area contributed by atoms with Crippen LogP contribution in [0.25, 0.3) is 16.8 Å². The Morgan fingerprint density at radius 3 is 2.02 bits per heavy atom. The van der Waals surface area contributed by atoms with Crippen molar-refractivity contribution in [3.05, 3.63) is 162 Å².